The number of nitrogens with one attached hydrogen (secondary N) is 2. The first-order valence-electron chi connectivity index (χ1n) is 9.87. The lowest BCUT2D eigenvalue weighted by molar-refractivity contribution is 0.0729. The van der Waals surface area contributed by atoms with Crippen molar-refractivity contribution in [2.75, 3.05) is 11.9 Å². The Kier molecular flexibility index (Phi) is 4.52. The predicted octanol–water partition coefficient (Wildman–Crippen LogP) is 4.01. The molecule has 0 saturated heterocycles. The maximum absolute atomic E-state index is 13.0. The minimum Gasteiger partial charge on any atom is -0.351 e. The molecular formula is C24H20N4O2. The smallest absolute Gasteiger partial charge is 0.270 e. The second-order valence-corrected chi connectivity index (χ2v) is 7.42. The fraction of sp³-hybridized carbons (Fsp3) is 0.125. The van der Waals surface area contributed by atoms with Crippen LogP contribution in [0.4, 0.5) is 5.69 Å². The van der Waals surface area contributed by atoms with Crippen LogP contribution in [0, 0.1) is 0 Å². The van der Waals surface area contributed by atoms with E-state index in [9.17, 15) is 9.59 Å². The van der Waals surface area contributed by atoms with Gasteiger partial charge in [-0.1, -0.05) is 24.3 Å². The minimum atomic E-state index is -0.181. The number of rotatable bonds is 3. The Balaban J connectivity index is 1.34. The first-order valence-corrected chi connectivity index (χ1v) is 9.87. The number of fused-ring (bicyclic) bond motifs is 2. The van der Waals surface area contributed by atoms with Crippen molar-refractivity contribution in [3.63, 3.8) is 0 Å². The summed E-state index contributed by atoms with van der Waals surface area (Å²) in [5, 5.41) is 3.95. The third-order valence-corrected chi connectivity index (χ3v) is 5.47. The maximum atomic E-state index is 13.0. The Bertz CT molecular complexity index is 1210. The molecule has 6 heteroatoms. The second-order valence-electron chi connectivity index (χ2n) is 7.42. The summed E-state index contributed by atoms with van der Waals surface area (Å²) in [6.45, 7) is 1.19. The summed E-state index contributed by atoms with van der Waals surface area (Å²) >= 11 is 0. The normalized spacial score (nSPS) is 13.1. The summed E-state index contributed by atoms with van der Waals surface area (Å²) < 4.78 is 0. The molecule has 5 rings (SSSR count). The molecule has 3 heterocycles. The van der Waals surface area contributed by atoms with Gasteiger partial charge in [-0.3, -0.25) is 14.6 Å². The predicted molar refractivity (Wildman–Crippen MR) is 115 cm³/mol. The van der Waals surface area contributed by atoms with Gasteiger partial charge in [0.2, 0.25) is 0 Å². The summed E-state index contributed by atoms with van der Waals surface area (Å²) in [7, 11) is 0. The molecule has 0 aliphatic carbocycles. The molecule has 2 aromatic carbocycles. The van der Waals surface area contributed by atoms with E-state index in [4.69, 9.17) is 0 Å². The molecule has 0 bridgehead atoms. The standard InChI is InChI=1S/C24H20N4O2/c29-23(17-7-10-25-11-8-17)26-20-6-5-16-9-12-28(15-19(16)13-20)24(30)22-14-18-3-1-2-4-21(18)27-22/h1-8,10-11,13-14,27H,9,12,15H2,(H,26,29). The van der Waals surface area contributed by atoms with Gasteiger partial charge in [0.05, 0.1) is 0 Å². The average Bonchev–Trinajstić information content (AvgIpc) is 3.23. The van der Waals surface area contributed by atoms with Crippen LogP contribution in [0.2, 0.25) is 0 Å². The number of benzene rings is 2. The van der Waals surface area contributed by atoms with E-state index in [2.05, 4.69) is 15.3 Å². The van der Waals surface area contributed by atoms with Crippen LogP contribution in [0.25, 0.3) is 10.9 Å². The molecular weight excluding hydrogens is 376 g/mol. The fourth-order valence-electron chi connectivity index (χ4n) is 3.87. The van der Waals surface area contributed by atoms with E-state index < -0.39 is 0 Å². The van der Waals surface area contributed by atoms with Crippen molar-refractivity contribution in [3.8, 4) is 0 Å². The maximum Gasteiger partial charge on any atom is 0.270 e. The number of para-hydroxylation sites is 1. The van der Waals surface area contributed by atoms with Gasteiger partial charge < -0.3 is 15.2 Å². The van der Waals surface area contributed by atoms with Crippen LogP contribution in [0.3, 0.4) is 0 Å². The van der Waals surface area contributed by atoms with Crippen molar-refractivity contribution in [1.29, 1.82) is 0 Å². The molecule has 6 nitrogen and oxygen atoms in total. The first-order chi connectivity index (χ1) is 14.7. The zero-order chi connectivity index (χ0) is 20.5. The van der Waals surface area contributed by atoms with E-state index in [1.54, 1.807) is 24.5 Å². The number of hydrogen-bond acceptors (Lipinski definition) is 3. The monoisotopic (exact) mass is 396 g/mol. The number of H-pyrrole nitrogens is 1. The van der Waals surface area contributed by atoms with E-state index in [0.29, 0.717) is 24.3 Å². The minimum absolute atomic E-state index is 0.0110. The number of aromatic nitrogens is 2. The number of carbonyl (C=O) groups excluding carboxylic acids is 2. The van der Waals surface area contributed by atoms with Gasteiger partial charge in [0, 0.05) is 47.6 Å². The third kappa shape index (κ3) is 3.43. The van der Waals surface area contributed by atoms with Crippen LogP contribution < -0.4 is 5.32 Å². The van der Waals surface area contributed by atoms with Gasteiger partial charge in [-0.25, -0.2) is 0 Å². The molecule has 0 atom stereocenters. The summed E-state index contributed by atoms with van der Waals surface area (Å²) in [6.07, 6.45) is 3.98. The molecule has 1 aliphatic heterocycles. The van der Waals surface area contributed by atoms with Crippen LogP contribution in [0.5, 0.6) is 0 Å². The van der Waals surface area contributed by atoms with Crippen molar-refractivity contribution in [2.24, 2.45) is 0 Å². The molecule has 0 radical (unpaired) electrons. The Morgan fingerprint density at radius 2 is 1.80 bits per heavy atom. The lowest BCUT2D eigenvalue weighted by atomic mass is 9.98. The van der Waals surface area contributed by atoms with Gasteiger partial charge in [-0.05, 0) is 53.9 Å². The number of anilines is 1. The van der Waals surface area contributed by atoms with Gasteiger partial charge in [0.15, 0.2) is 0 Å². The van der Waals surface area contributed by atoms with Crippen LogP contribution in [-0.4, -0.2) is 33.2 Å². The number of hydrogen-bond donors (Lipinski definition) is 2. The van der Waals surface area contributed by atoms with Crippen LogP contribution in [0.15, 0.2) is 73.1 Å². The fourth-order valence-corrected chi connectivity index (χ4v) is 3.87. The Morgan fingerprint density at radius 1 is 0.967 bits per heavy atom. The topological polar surface area (TPSA) is 78.1 Å². The molecule has 0 saturated carbocycles. The molecule has 0 spiro atoms. The summed E-state index contributed by atoms with van der Waals surface area (Å²) in [6, 6.07) is 19.0. The SMILES string of the molecule is O=C(Nc1ccc2c(c1)CN(C(=O)c1cc3ccccc3[nH]1)CC2)c1ccncc1. The highest BCUT2D eigenvalue weighted by Gasteiger charge is 2.23. The zero-order valence-corrected chi connectivity index (χ0v) is 16.3. The molecule has 0 fully saturated rings. The van der Waals surface area contributed by atoms with Crippen molar-refractivity contribution in [1.82, 2.24) is 14.9 Å². The average molecular weight is 396 g/mol. The van der Waals surface area contributed by atoms with Gasteiger partial charge in [0.1, 0.15) is 5.69 Å². The van der Waals surface area contributed by atoms with Crippen molar-refractivity contribution in [3.05, 3.63) is 95.4 Å². The summed E-state index contributed by atoms with van der Waals surface area (Å²) in [5.41, 5.74) is 5.09. The van der Waals surface area contributed by atoms with Crippen LogP contribution in [0.1, 0.15) is 32.0 Å². The number of carbonyl (C=O) groups is 2. The quantitative estimate of drug-likeness (QED) is 0.549. The molecule has 1 aliphatic rings. The first kappa shape index (κ1) is 18.1. The molecule has 2 N–H and O–H groups in total. The highest BCUT2D eigenvalue weighted by molar-refractivity contribution is 6.04. The molecule has 4 aromatic rings. The lowest BCUT2D eigenvalue weighted by Gasteiger charge is -2.29. The van der Waals surface area contributed by atoms with E-state index in [0.717, 1.165) is 28.6 Å². The van der Waals surface area contributed by atoms with Crippen molar-refractivity contribution in [2.45, 2.75) is 13.0 Å². The molecule has 2 aromatic heterocycles. The van der Waals surface area contributed by atoms with Gasteiger partial charge in [0.25, 0.3) is 11.8 Å². The molecule has 30 heavy (non-hydrogen) atoms. The Hall–Kier alpha value is -3.93. The second kappa shape index (κ2) is 7.48. The van der Waals surface area contributed by atoms with Crippen LogP contribution in [-0.2, 0) is 13.0 Å². The number of aromatic amines is 1. The molecule has 0 unspecified atom stereocenters. The van der Waals surface area contributed by atoms with Gasteiger partial charge >= 0.3 is 0 Å². The highest BCUT2D eigenvalue weighted by atomic mass is 16.2. The lowest BCUT2D eigenvalue weighted by Crippen LogP contribution is -2.36. The Morgan fingerprint density at radius 3 is 2.63 bits per heavy atom. The zero-order valence-electron chi connectivity index (χ0n) is 16.3. The summed E-state index contributed by atoms with van der Waals surface area (Å²) in [4.78, 5) is 34.5. The van der Waals surface area contributed by atoms with E-state index in [1.807, 2.05) is 53.4 Å². The van der Waals surface area contributed by atoms with Crippen molar-refractivity contribution >= 4 is 28.4 Å². The summed E-state index contributed by atoms with van der Waals surface area (Å²) in [5.74, 6) is -0.192. The number of nitrogens with zero attached hydrogens (tertiary/aromatic N) is 2. The van der Waals surface area contributed by atoms with Crippen LogP contribution >= 0.6 is 0 Å². The van der Waals surface area contributed by atoms with E-state index in [-0.39, 0.29) is 11.8 Å². The van der Waals surface area contributed by atoms with E-state index >= 15 is 0 Å². The van der Waals surface area contributed by atoms with Gasteiger partial charge in [-0.2, -0.15) is 0 Å². The van der Waals surface area contributed by atoms with Crippen molar-refractivity contribution < 1.29 is 9.59 Å². The number of pyridine rings is 1. The number of amides is 2. The Labute approximate surface area is 173 Å². The highest BCUT2D eigenvalue weighted by Crippen LogP contribution is 2.25. The largest absolute Gasteiger partial charge is 0.351 e. The third-order valence-electron chi connectivity index (χ3n) is 5.47. The van der Waals surface area contributed by atoms with Gasteiger partial charge in [-0.15, -0.1) is 0 Å². The molecule has 148 valence electrons. The van der Waals surface area contributed by atoms with E-state index in [1.165, 1.54) is 5.56 Å². The molecule has 2 amide bonds.